The van der Waals surface area contributed by atoms with Gasteiger partial charge in [-0.2, -0.15) is 0 Å². The fraction of sp³-hybridized carbons (Fsp3) is 0.435. The van der Waals surface area contributed by atoms with Crippen molar-refractivity contribution in [1.29, 1.82) is 0 Å². The SMILES string of the molecule is CCN(CC)Cc1nc2sc3c(c2c(=O)n1CC(=O)Nc1cc(Cl)cc(Cl)c1)CCCC3. The maximum Gasteiger partial charge on any atom is 0.263 e. The molecule has 1 aromatic carbocycles. The van der Waals surface area contributed by atoms with Crippen LogP contribution >= 0.6 is 34.5 Å². The van der Waals surface area contributed by atoms with Gasteiger partial charge in [0.2, 0.25) is 5.91 Å². The molecule has 3 aromatic rings. The highest BCUT2D eigenvalue weighted by atomic mass is 35.5. The van der Waals surface area contributed by atoms with Gasteiger partial charge >= 0.3 is 0 Å². The van der Waals surface area contributed by atoms with Crippen molar-refractivity contribution in [2.24, 2.45) is 0 Å². The van der Waals surface area contributed by atoms with Crippen LogP contribution in [0.25, 0.3) is 10.2 Å². The number of hydrogen-bond acceptors (Lipinski definition) is 5. The summed E-state index contributed by atoms with van der Waals surface area (Å²) in [7, 11) is 0. The van der Waals surface area contributed by atoms with E-state index in [1.54, 1.807) is 29.5 Å². The Labute approximate surface area is 201 Å². The van der Waals surface area contributed by atoms with Crippen LogP contribution in [-0.4, -0.2) is 33.4 Å². The lowest BCUT2D eigenvalue weighted by atomic mass is 9.97. The summed E-state index contributed by atoms with van der Waals surface area (Å²) in [6.45, 7) is 6.20. The molecule has 9 heteroatoms. The first kappa shape index (κ1) is 23.2. The second-order valence-electron chi connectivity index (χ2n) is 7.98. The highest BCUT2D eigenvalue weighted by molar-refractivity contribution is 7.18. The highest BCUT2D eigenvalue weighted by Crippen LogP contribution is 2.34. The van der Waals surface area contributed by atoms with Gasteiger partial charge in [-0.05, 0) is 62.5 Å². The normalized spacial score (nSPS) is 13.5. The van der Waals surface area contributed by atoms with Crippen molar-refractivity contribution in [2.75, 3.05) is 18.4 Å². The zero-order valence-corrected chi connectivity index (χ0v) is 20.5. The molecule has 0 unspecified atom stereocenters. The Morgan fingerprint density at radius 3 is 2.53 bits per heavy atom. The average Bonchev–Trinajstić information content (AvgIpc) is 3.12. The number of rotatable bonds is 7. The lowest BCUT2D eigenvalue weighted by Gasteiger charge is -2.20. The maximum atomic E-state index is 13.6. The molecule has 0 bridgehead atoms. The molecule has 4 rings (SSSR count). The number of benzene rings is 1. The van der Waals surface area contributed by atoms with E-state index in [1.807, 2.05) is 0 Å². The van der Waals surface area contributed by atoms with Crippen LogP contribution in [0.3, 0.4) is 0 Å². The first-order valence-electron chi connectivity index (χ1n) is 10.9. The quantitative estimate of drug-likeness (QED) is 0.496. The largest absolute Gasteiger partial charge is 0.324 e. The fourth-order valence-electron chi connectivity index (χ4n) is 4.18. The van der Waals surface area contributed by atoms with Crippen molar-refractivity contribution in [3.8, 4) is 0 Å². The van der Waals surface area contributed by atoms with Gasteiger partial charge in [-0.3, -0.25) is 19.1 Å². The summed E-state index contributed by atoms with van der Waals surface area (Å²) >= 11 is 13.7. The zero-order valence-electron chi connectivity index (χ0n) is 18.2. The van der Waals surface area contributed by atoms with Crippen molar-refractivity contribution in [1.82, 2.24) is 14.5 Å². The summed E-state index contributed by atoms with van der Waals surface area (Å²) in [4.78, 5) is 35.7. The number of nitrogens with one attached hydrogen (secondary N) is 1. The number of nitrogens with zero attached hydrogens (tertiary/aromatic N) is 3. The van der Waals surface area contributed by atoms with Crippen LogP contribution in [0.5, 0.6) is 0 Å². The number of hydrogen-bond donors (Lipinski definition) is 1. The number of aryl methyl sites for hydroxylation is 2. The van der Waals surface area contributed by atoms with Crippen LogP contribution in [0.15, 0.2) is 23.0 Å². The molecule has 0 atom stereocenters. The molecule has 2 aromatic heterocycles. The van der Waals surface area contributed by atoms with E-state index in [2.05, 4.69) is 24.1 Å². The maximum absolute atomic E-state index is 13.6. The first-order valence-corrected chi connectivity index (χ1v) is 12.5. The van der Waals surface area contributed by atoms with Crippen LogP contribution in [0.4, 0.5) is 5.69 Å². The monoisotopic (exact) mass is 492 g/mol. The molecule has 0 aliphatic heterocycles. The van der Waals surface area contributed by atoms with Crippen molar-refractivity contribution >= 4 is 56.3 Å². The van der Waals surface area contributed by atoms with E-state index in [1.165, 1.54) is 9.44 Å². The Kier molecular flexibility index (Phi) is 7.20. The predicted octanol–water partition coefficient (Wildman–Crippen LogP) is 5.12. The molecule has 170 valence electrons. The summed E-state index contributed by atoms with van der Waals surface area (Å²) in [6.07, 6.45) is 4.12. The summed E-state index contributed by atoms with van der Waals surface area (Å²) < 4.78 is 1.53. The number of carbonyl (C=O) groups excluding carboxylic acids is 1. The second-order valence-corrected chi connectivity index (χ2v) is 9.93. The van der Waals surface area contributed by atoms with Crippen LogP contribution in [-0.2, 0) is 30.7 Å². The minimum atomic E-state index is -0.323. The molecule has 0 saturated carbocycles. The molecule has 0 radical (unpaired) electrons. The van der Waals surface area contributed by atoms with E-state index < -0.39 is 0 Å². The fourth-order valence-corrected chi connectivity index (χ4v) is 5.98. The van der Waals surface area contributed by atoms with Gasteiger partial charge in [0, 0.05) is 20.6 Å². The smallest absolute Gasteiger partial charge is 0.263 e. The van der Waals surface area contributed by atoms with E-state index >= 15 is 0 Å². The average molecular weight is 493 g/mol. The number of fused-ring (bicyclic) bond motifs is 3. The molecular formula is C23H26Cl2N4O2S. The predicted molar refractivity (Wildman–Crippen MR) is 132 cm³/mol. The summed E-state index contributed by atoms with van der Waals surface area (Å²) in [5.41, 5.74) is 1.49. The van der Waals surface area contributed by atoms with Gasteiger partial charge in [-0.1, -0.05) is 37.0 Å². The van der Waals surface area contributed by atoms with Crippen molar-refractivity contribution in [3.63, 3.8) is 0 Å². The Morgan fingerprint density at radius 1 is 1.16 bits per heavy atom. The number of halogens is 2. The van der Waals surface area contributed by atoms with E-state index in [0.717, 1.165) is 49.2 Å². The molecule has 1 aliphatic carbocycles. The molecule has 0 spiro atoms. The van der Waals surface area contributed by atoms with Crippen molar-refractivity contribution < 1.29 is 4.79 Å². The van der Waals surface area contributed by atoms with Gasteiger partial charge in [0.05, 0.1) is 11.9 Å². The third-order valence-corrected chi connectivity index (χ3v) is 7.48. The number of amides is 1. The lowest BCUT2D eigenvalue weighted by Crippen LogP contribution is -2.34. The zero-order chi connectivity index (χ0) is 22.8. The Morgan fingerprint density at radius 2 is 1.84 bits per heavy atom. The Bertz CT molecular complexity index is 1200. The molecule has 1 amide bonds. The lowest BCUT2D eigenvalue weighted by molar-refractivity contribution is -0.116. The molecule has 0 saturated heterocycles. The summed E-state index contributed by atoms with van der Waals surface area (Å²) in [5.74, 6) is 0.292. The van der Waals surface area contributed by atoms with Gasteiger partial charge in [0.1, 0.15) is 17.2 Å². The van der Waals surface area contributed by atoms with E-state index in [9.17, 15) is 9.59 Å². The minimum absolute atomic E-state index is 0.118. The number of aromatic nitrogens is 2. The minimum Gasteiger partial charge on any atom is -0.324 e. The number of carbonyl (C=O) groups is 1. The standard InChI is InChI=1S/C23H26Cl2N4O2S/c1-3-28(4-2)12-19-27-22-21(17-7-5-6-8-18(17)32-22)23(31)29(19)13-20(30)26-16-10-14(24)9-15(25)11-16/h9-11H,3-8,12-13H2,1-2H3,(H,26,30). The first-order chi connectivity index (χ1) is 15.4. The molecule has 1 N–H and O–H groups in total. The molecule has 6 nitrogen and oxygen atoms in total. The molecule has 0 fully saturated rings. The van der Waals surface area contributed by atoms with Gasteiger partial charge in [-0.25, -0.2) is 4.98 Å². The van der Waals surface area contributed by atoms with Gasteiger partial charge in [0.25, 0.3) is 5.56 Å². The van der Waals surface area contributed by atoms with Crippen LogP contribution in [0.2, 0.25) is 10.0 Å². The summed E-state index contributed by atoms with van der Waals surface area (Å²) in [5, 5.41) is 4.35. The van der Waals surface area contributed by atoms with Gasteiger partial charge in [0.15, 0.2) is 0 Å². The van der Waals surface area contributed by atoms with Crippen LogP contribution in [0, 0.1) is 0 Å². The van der Waals surface area contributed by atoms with E-state index in [4.69, 9.17) is 28.2 Å². The third kappa shape index (κ3) is 4.86. The molecule has 32 heavy (non-hydrogen) atoms. The van der Waals surface area contributed by atoms with Crippen LogP contribution in [0.1, 0.15) is 43.0 Å². The molecular weight excluding hydrogens is 467 g/mol. The molecule has 1 aliphatic rings. The third-order valence-electron chi connectivity index (χ3n) is 5.86. The van der Waals surface area contributed by atoms with E-state index in [0.29, 0.717) is 33.5 Å². The van der Waals surface area contributed by atoms with Gasteiger partial charge in [-0.15, -0.1) is 11.3 Å². The van der Waals surface area contributed by atoms with Gasteiger partial charge < -0.3 is 5.32 Å². The number of anilines is 1. The van der Waals surface area contributed by atoms with Crippen molar-refractivity contribution in [3.05, 3.63) is 54.9 Å². The topological polar surface area (TPSA) is 67.2 Å². The second kappa shape index (κ2) is 9.91. The Balaban J connectivity index is 1.73. The molecule has 2 heterocycles. The van der Waals surface area contributed by atoms with E-state index in [-0.39, 0.29) is 18.0 Å². The number of thiophene rings is 1. The van der Waals surface area contributed by atoms with Crippen LogP contribution < -0.4 is 10.9 Å². The Hall–Kier alpha value is -1.93. The van der Waals surface area contributed by atoms with Crippen molar-refractivity contribution in [2.45, 2.75) is 52.6 Å². The highest BCUT2D eigenvalue weighted by Gasteiger charge is 2.23. The summed E-state index contributed by atoms with van der Waals surface area (Å²) in [6, 6.07) is 4.85.